The van der Waals surface area contributed by atoms with Crippen molar-refractivity contribution in [2.45, 2.75) is 45.7 Å². The highest BCUT2D eigenvalue weighted by Crippen LogP contribution is 2.31. The van der Waals surface area contributed by atoms with Gasteiger partial charge in [-0.3, -0.25) is 9.59 Å². The second-order valence-electron chi connectivity index (χ2n) is 7.63. The SMILES string of the molecule is CCCCCc1c(C(=O)Nc2ccccc2)c(=O)cc(C)n1-c1cccc(C(F)(F)F)c1. The number of aromatic nitrogens is 1. The van der Waals surface area contributed by atoms with Crippen molar-refractivity contribution < 1.29 is 18.0 Å². The fourth-order valence-corrected chi connectivity index (χ4v) is 3.71. The molecule has 3 rings (SSSR count). The molecular formula is C25H25F3N2O2. The van der Waals surface area contributed by atoms with Gasteiger partial charge in [-0.25, -0.2) is 0 Å². The molecule has 0 radical (unpaired) electrons. The molecule has 0 spiro atoms. The van der Waals surface area contributed by atoms with Crippen molar-refractivity contribution in [2.24, 2.45) is 0 Å². The molecule has 32 heavy (non-hydrogen) atoms. The molecule has 3 aromatic rings. The molecule has 0 atom stereocenters. The largest absolute Gasteiger partial charge is 0.416 e. The molecule has 4 nitrogen and oxygen atoms in total. The number of carbonyl (C=O) groups is 1. The van der Waals surface area contributed by atoms with E-state index in [0.717, 1.165) is 25.0 Å². The Hall–Kier alpha value is -3.35. The van der Waals surface area contributed by atoms with Crippen LogP contribution in [0.25, 0.3) is 5.69 Å². The third kappa shape index (κ3) is 5.28. The van der Waals surface area contributed by atoms with Crippen molar-refractivity contribution in [1.29, 1.82) is 0 Å². The van der Waals surface area contributed by atoms with Gasteiger partial charge in [0.1, 0.15) is 5.56 Å². The van der Waals surface area contributed by atoms with Crippen LogP contribution in [0.2, 0.25) is 0 Å². The summed E-state index contributed by atoms with van der Waals surface area (Å²) in [6, 6.07) is 14.9. The smallest absolute Gasteiger partial charge is 0.322 e. The number of halogens is 3. The zero-order valence-electron chi connectivity index (χ0n) is 18.0. The number of nitrogens with one attached hydrogen (secondary N) is 1. The van der Waals surface area contributed by atoms with Gasteiger partial charge in [-0.2, -0.15) is 13.2 Å². The Kier molecular flexibility index (Phi) is 7.18. The number of nitrogens with zero attached hydrogens (tertiary/aromatic N) is 1. The van der Waals surface area contributed by atoms with Gasteiger partial charge in [-0.15, -0.1) is 0 Å². The van der Waals surface area contributed by atoms with Crippen molar-refractivity contribution in [3.8, 4) is 5.69 Å². The van der Waals surface area contributed by atoms with Crippen LogP contribution in [0.3, 0.4) is 0 Å². The standard InChI is InChI=1S/C25H25F3N2O2/c1-3-4-6-14-21-23(24(32)29-19-11-7-5-8-12-19)22(31)15-17(2)30(21)20-13-9-10-18(16-20)25(26,27)28/h5,7-13,15-16H,3-4,6,14H2,1-2H3,(H,29,32). The van der Waals surface area contributed by atoms with E-state index in [1.165, 1.54) is 12.1 Å². The van der Waals surface area contributed by atoms with E-state index in [9.17, 15) is 22.8 Å². The summed E-state index contributed by atoms with van der Waals surface area (Å²) < 4.78 is 41.6. The topological polar surface area (TPSA) is 51.1 Å². The zero-order chi connectivity index (χ0) is 23.3. The summed E-state index contributed by atoms with van der Waals surface area (Å²) in [5, 5.41) is 2.73. The maximum absolute atomic E-state index is 13.3. The summed E-state index contributed by atoms with van der Waals surface area (Å²) in [5.41, 5.74) is 0.384. The number of aryl methyl sites for hydroxylation is 1. The number of carbonyl (C=O) groups excluding carboxylic acids is 1. The summed E-state index contributed by atoms with van der Waals surface area (Å²) in [6.07, 6.45) is -1.63. The normalized spacial score (nSPS) is 11.4. The molecule has 1 N–H and O–H groups in total. The minimum absolute atomic E-state index is 0.0482. The first kappa shape index (κ1) is 23.3. The highest BCUT2D eigenvalue weighted by atomic mass is 19.4. The summed E-state index contributed by atoms with van der Waals surface area (Å²) >= 11 is 0. The molecule has 168 valence electrons. The van der Waals surface area contributed by atoms with E-state index in [-0.39, 0.29) is 11.3 Å². The van der Waals surface area contributed by atoms with Crippen molar-refractivity contribution >= 4 is 11.6 Å². The zero-order valence-corrected chi connectivity index (χ0v) is 18.0. The Labute approximate surface area is 184 Å². The highest BCUT2D eigenvalue weighted by molar-refractivity contribution is 6.05. The lowest BCUT2D eigenvalue weighted by atomic mass is 10.0. The Balaban J connectivity index is 2.17. The van der Waals surface area contributed by atoms with Gasteiger partial charge < -0.3 is 9.88 Å². The number of unbranched alkanes of at least 4 members (excludes halogenated alkanes) is 2. The summed E-state index contributed by atoms with van der Waals surface area (Å²) in [6.45, 7) is 3.68. The van der Waals surface area contributed by atoms with E-state index in [1.54, 1.807) is 47.9 Å². The second kappa shape index (κ2) is 9.85. The molecule has 0 saturated heterocycles. The van der Waals surface area contributed by atoms with E-state index in [1.807, 2.05) is 6.92 Å². The lowest BCUT2D eigenvalue weighted by Crippen LogP contribution is -2.28. The molecule has 7 heteroatoms. The molecule has 0 bridgehead atoms. The minimum atomic E-state index is -4.50. The van der Waals surface area contributed by atoms with E-state index in [2.05, 4.69) is 5.32 Å². The van der Waals surface area contributed by atoms with Crippen molar-refractivity contribution in [2.75, 3.05) is 5.32 Å². The van der Waals surface area contributed by atoms with Crippen LogP contribution in [0.15, 0.2) is 65.5 Å². The number of hydrogen-bond acceptors (Lipinski definition) is 2. The van der Waals surface area contributed by atoms with Crippen LogP contribution in [-0.2, 0) is 12.6 Å². The highest BCUT2D eigenvalue weighted by Gasteiger charge is 2.31. The van der Waals surface area contributed by atoms with Crippen LogP contribution in [0.1, 0.15) is 53.5 Å². The fourth-order valence-electron chi connectivity index (χ4n) is 3.71. The minimum Gasteiger partial charge on any atom is -0.322 e. The van der Waals surface area contributed by atoms with Gasteiger partial charge in [0.05, 0.1) is 5.56 Å². The third-order valence-electron chi connectivity index (χ3n) is 5.21. The van der Waals surface area contributed by atoms with Crippen LogP contribution in [0.4, 0.5) is 18.9 Å². The van der Waals surface area contributed by atoms with Crippen molar-refractivity contribution in [3.63, 3.8) is 0 Å². The number of hydrogen-bond donors (Lipinski definition) is 1. The molecule has 0 aliphatic heterocycles. The fraction of sp³-hybridized carbons (Fsp3) is 0.280. The quantitative estimate of drug-likeness (QED) is 0.446. The number of rotatable bonds is 7. The van der Waals surface area contributed by atoms with Gasteiger partial charge in [0.15, 0.2) is 5.43 Å². The Morgan fingerprint density at radius 2 is 1.72 bits per heavy atom. The number of para-hydroxylation sites is 1. The predicted octanol–water partition coefficient (Wildman–Crippen LogP) is 6.15. The first-order valence-corrected chi connectivity index (χ1v) is 10.5. The summed E-state index contributed by atoms with van der Waals surface area (Å²) in [4.78, 5) is 26.0. The Bertz CT molecular complexity index is 1150. The summed E-state index contributed by atoms with van der Waals surface area (Å²) in [5.74, 6) is -0.576. The van der Waals surface area contributed by atoms with Crippen molar-refractivity contribution in [1.82, 2.24) is 4.57 Å². The number of pyridine rings is 1. The van der Waals surface area contributed by atoms with Gasteiger partial charge in [0.25, 0.3) is 5.91 Å². The van der Waals surface area contributed by atoms with Crippen molar-refractivity contribution in [3.05, 3.63) is 93.4 Å². The van der Waals surface area contributed by atoms with Gasteiger partial charge in [-0.05, 0) is 50.1 Å². The van der Waals surface area contributed by atoms with Crippen LogP contribution in [0, 0.1) is 6.92 Å². The first-order chi connectivity index (χ1) is 15.2. The van der Waals surface area contributed by atoms with E-state index < -0.39 is 23.1 Å². The van der Waals surface area contributed by atoms with Gasteiger partial charge >= 0.3 is 6.18 Å². The number of anilines is 1. The third-order valence-corrected chi connectivity index (χ3v) is 5.21. The average molecular weight is 442 g/mol. The second-order valence-corrected chi connectivity index (χ2v) is 7.63. The monoisotopic (exact) mass is 442 g/mol. The van der Waals surface area contributed by atoms with E-state index >= 15 is 0 Å². The Morgan fingerprint density at radius 1 is 1.00 bits per heavy atom. The lowest BCUT2D eigenvalue weighted by molar-refractivity contribution is -0.137. The van der Waals surface area contributed by atoms with E-state index in [4.69, 9.17) is 0 Å². The number of amides is 1. The molecule has 0 aliphatic carbocycles. The summed E-state index contributed by atoms with van der Waals surface area (Å²) in [7, 11) is 0. The molecule has 0 aliphatic rings. The van der Waals surface area contributed by atoms with Crippen LogP contribution < -0.4 is 10.7 Å². The molecule has 2 aromatic carbocycles. The molecule has 0 unspecified atom stereocenters. The molecule has 1 amide bonds. The van der Waals surface area contributed by atoms with Crippen LogP contribution in [-0.4, -0.2) is 10.5 Å². The van der Waals surface area contributed by atoms with Crippen LogP contribution >= 0.6 is 0 Å². The van der Waals surface area contributed by atoms with Gasteiger partial charge in [0.2, 0.25) is 0 Å². The first-order valence-electron chi connectivity index (χ1n) is 10.5. The average Bonchev–Trinajstić information content (AvgIpc) is 2.74. The van der Waals surface area contributed by atoms with Gasteiger partial charge in [0, 0.05) is 28.8 Å². The maximum Gasteiger partial charge on any atom is 0.416 e. The van der Waals surface area contributed by atoms with E-state index in [0.29, 0.717) is 29.9 Å². The maximum atomic E-state index is 13.3. The lowest BCUT2D eigenvalue weighted by Gasteiger charge is -2.21. The Morgan fingerprint density at radius 3 is 2.38 bits per heavy atom. The molecule has 1 heterocycles. The molecule has 0 saturated carbocycles. The van der Waals surface area contributed by atoms with Crippen LogP contribution in [0.5, 0.6) is 0 Å². The molecule has 0 fully saturated rings. The molecule has 1 aromatic heterocycles. The van der Waals surface area contributed by atoms with Gasteiger partial charge in [-0.1, -0.05) is 44.0 Å². The number of benzene rings is 2. The molecular weight excluding hydrogens is 417 g/mol. The number of alkyl halides is 3. The predicted molar refractivity (Wildman–Crippen MR) is 119 cm³/mol.